The number of aliphatic hydroxyl groups is 1. The van der Waals surface area contributed by atoms with Crippen LogP contribution in [0, 0.1) is 0 Å². The molecule has 0 spiro atoms. The molecule has 6 heteroatoms. The molecule has 1 aromatic carbocycles. The largest absolute Gasteiger partial charge is 0.392 e. The lowest BCUT2D eigenvalue weighted by molar-refractivity contribution is 0.0951. The number of nitrogens with zero attached hydrogens (tertiary/aromatic N) is 1. The number of halogens is 2. The second-order valence-corrected chi connectivity index (χ2v) is 4.95. The number of pyridine rings is 1. The zero-order chi connectivity index (χ0) is 14.5. The van der Waals surface area contributed by atoms with Crippen molar-refractivity contribution < 1.29 is 9.90 Å². The maximum Gasteiger partial charge on any atom is 0.254 e. The zero-order valence-corrected chi connectivity index (χ0v) is 11.9. The lowest BCUT2D eigenvalue weighted by atomic mass is 10.1. The highest BCUT2D eigenvalue weighted by molar-refractivity contribution is 6.39. The van der Waals surface area contributed by atoms with Gasteiger partial charge < -0.3 is 10.4 Å². The summed E-state index contributed by atoms with van der Waals surface area (Å²) in [5.74, 6) is -0.353. The van der Waals surface area contributed by atoms with Gasteiger partial charge in [0.15, 0.2) is 0 Å². The van der Waals surface area contributed by atoms with Crippen LogP contribution in [0.4, 0.5) is 0 Å². The molecule has 0 atom stereocenters. The number of rotatable bonds is 4. The Morgan fingerprint density at radius 2 is 1.65 bits per heavy atom. The van der Waals surface area contributed by atoms with Crippen LogP contribution >= 0.6 is 23.2 Å². The lowest BCUT2D eigenvalue weighted by Crippen LogP contribution is -2.23. The van der Waals surface area contributed by atoms with Crippen molar-refractivity contribution in [1.29, 1.82) is 0 Å². The van der Waals surface area contributed by atoms with Gasteiger partial charge in [-0.1, -0.05) is 47.5 Å². The molecule has 0 radical (unpaired) electrons. The van der Waals surface area contributed by atoms with E-state index in [1.807, 2.05) is 12.1 Å². The fourth-order valence-electron chi connectivity index (χ4n) is 1.66. The van der Waals surface area contributed by atoms with Crippen LogP contribution in [0.5, 0.6) is 0 Å². The summed E-state index contributed by atoms with van der Waals surface area (Å²) in [6.07, 6.45) is 2.75. The van der Waals surface area contributed by atoms with Gasteiger partial charge in [0, 0.05) is 18.9 Å². The van der Waals surface area contributed by atoms with E-state index in [4.69, 9.17) is 28.3 Å². The van der Waals surface area contributed by atoms with Crippen LogP contribution < -0.4 is 5.32 Å². The van der Waals surface area contributed by atoms with Crippen molar-refractivity contribution in [3.8, 4) is 0 Å². The van der Waals surface area contributed by atoms with Gasteiger partial charge in [-0.05, 0) is 11.1 Å². The van der Waals surface area contributed by atoms with Crippen molar-refractivity contribution in [3.05, 3.63) is 63.4 Å². The number of aliphatic hydroxyl groups excluding tert-OH is 1. The molecule has 0 unspecified atom stereocenters. The molecule has 1 heterocycles. The predicted octanol–water partition coefficient (Wildman–Crippen LogP) is 2.81. The molecule has 2 aromatic rings. The van der Waals surface area contributed by atoms with Crippen molar-refractivity contribution in [2.45, 2.75) is 13.2 Å². The monoisotopic (exact) mass is 310 g/mol. The number of carbonyl (C=O) groups excluding carboxylic acids is 1. The average molecular weight is 311 g/mol. The Bertz CT molecular complexity index is 595. The first kappa shape index (κ1) is 14.8. The molecule has 1 amide bonds. The first-order valence-corrected chi connectivity index (χ1v) is 6.63. The highest BCUT2D eigenvalue weighted by atomic mass is 35.5. The molecule has 20 heavy (non-hydrogen) atoms. The van der Waals surface area contributed by atoms with Gasteiger partial charge in [-0.15, -0.1) is 0 Å². The maximum atomic E-state index is 12.0. The van der Waals surface area contributed by atoms with Crippen LogP contribution in [0.25, 0.3) is 0 Å². The van der Waals surface area contributed by atoms with Crippen molar-refractivity contribution in [2.75, 3.05) is 0 Å². The smallest absolute Gasteiger partial charge is 0.254 e. The number of aromatic nitrogens is 1. The van der Waals surface area contributed by atoms with Crippen molar-refractivity contribution in [2.24, 2.45) is 0 Å². The highest BCUT2D eigenvalue weighted by Gasteiger charge is 2.14. The van der Waals surface area contributed by atoms with Gasteiger partial charge in [-0.25, -0.2) is 0 Å². The highest BCUT2D eigenvalue weighted by Crippen LogP contribution is 2.22. The number of hydrogen-bond donors (Lipinski definition) is 2. The number of benzene rings is 1. The first-order chi connectivity index (χ1) is 9.61. The Hall–Kier alpha value is -1.62. The van der Waals surface area contributed by atoms with Crippen LogP contribution in [0.15, 0.2) is 36.7 Å². The zero-order valence-electron chi connectivity index (χ0n) is 10.4. The summed E-state index contributed by atoms with van der Waals surface area (Å²) in [7, 11) is 0. The summed E-state index contributed by atoms with van der Waals surface area (Å²) in [4.78, 5) is 15.8. The van der Waals surface area contributed by atoms with Gasteiger partial charge in [0.2, 0.25) is 0 Å². The van der Waals surface area contributed by atoms with E-state index < -0.39 is 0 Å². The van der Waals surface area contributed by atoms with Gasteiger partial charge in [0.25, 0.3) is 5.91 Å². The second kappa shape index (κ2) is 6.70. The molecule has 0 aliphatic carbocycles. The quantitative estimate of drug-likeness (QED) is 0.912. The molecule has 2 rings (SSSR count). The first-order valence-electron chi connectivity index (χ1n) is 5.87. The summed E-state index contributed by atoms with van der Waals surface area (Å²) in [5, 5.41) is 12.1. The van der Waals surface area contributed by atoms with Gasteiger partial charge in [0.05, 0.1) is 22.2 Å². The van der Waals surface area contributed by atoms with Gasteiger partial charge in [0.1, 0.15) is 0 Å². The minimum absolute atomic E-state index is 0.00509. The fourth-order valence-corrected chi connectivity index (χ4v) is 2.20. The van der Waals surface area contributed by atoms with E-state index in [1.165, 1.54) is 12.4 Å². The molecule has 0 saturated heterocycles. The van der Waals surface area contributed by atoms with Gasteiger partial charge >= 0.3 is 0 Å². The Balaban J connectivity index is 2.05. The number of carbonyl (C=O) groups is 1. The summed E-state index contributed by atoms with van der Waals surface area (Å²) in [6.45, 7) is 0.342. The van der Waals surface area contributed by atoms with Crippen LogP contribution in [0.3, 0.4) is 0 Å². The number of amides is 1. The summed E-state index contributed by atoms with van der Waals surface area (Å²) >= 11 is 11.8. The molecule has 0 aliphatic heterocycles. The summed E-state index contributed by atoms with van der Waals surface area (Å²) in [6, 6.07) is 7.27. The number of hydrogen-bond acceptors (Lipinski definition) is 3. The van der Waals surface area contributed by atoms with E-state index in [0.29, 0.717) is 6.54 Å². The minimum atomic E-state index is -0.353. The molecule has 0 fully saturated rings. The minimum Gasteiger partial charge on any atom is -0.392 e. The molecule has 2 N–H and O–H groups in total. The standard InChI is InChI=1S/C14H12Cl2N2O2/c15-11-6-17-7-12(16)13(11)14(20)18-5-9-1-3-10(8-19)4-2-9/h1-4,6-7,19H,5,8H2,(H,18,20). The van der Waals surface area contributed by atoms with Crippen LogP contribution in [0.1, 0.15) is 21.5 Å². The molecule has 1 aromatic heterocycles. The molecular weight excluding hydrogens is 299 g/mol. The van der Waals surface area contributed by atoms with Gasteiger partial charge in [-0.2, -0.15) is 0 Å². The topological polar surface area (TPSA) is 62.2 Å². The third-order valence-electron chi connectivity index (χ3n) is 2.74. The molecule has 0 aliphatic rings. The van der Waals surface area contributed by atoms with Crippen molar-refractivity contribution in [3.63, 3.8) is 0 Å². The van der Waals surface area contributed by atoms with Crippen LogP contribution in [0.2, 0.25) is 10.0 Å². The van der Waals surface area contributed by atoms with E-state index in [1.54, 1.807) is 12.1 Å². The van der Waals surface area contributed by atoms with Crippen molar-refractivity contribution in [1.82, 2.24) is 10.3 Å². The third-order valence-corrected chi connectivity index (χ3v) is 3.31. The van der Waals surface area contributed by atoms with Gasteiger partial charge in [-0.3, -0.25) is 9.78 Å². The van der Waals surface area contributed by atoms with E-state index in [9.17, 15) is 4.79 Å². The molecular formula is C14H12Cl2N2O2. The third kappa shape index (κ3) is 3.48. The number of nitrogens with one attached hydrogen (secondary N) is 1. The van der Waals surface area contributed by atoms with E-state index in [0.717, 1.165) is 11.1 Å². The van der Waals surface area contributed by atoms with E-state index in [-0.39, 0.29) is 28.1 Å². The summed E-state index contributed by atoms with van der Waals surface area (Å²) < 4.78 is 0. The Labute approximate surface area is 126 Å². The molecule has 104 valence electrons. The average Bonchev–Trinajstić information content (AvgIpc) is 2.45. The molecule has 0 bridgehead atoms. The summed E-state index contributed by atoms with van der Waals surface area (Å²) in [5.41, 5.74) is 1.95. The maximum absolute atomic E-state index is 12.0. The molecule has 4 nitrogen and oxygen atoms in total. The lowest BCUT2D eigenvalue weighted by Gasteiger charge is -2.08. The normalized spacial score (nSPS) is 10.3. The fraction of sp³-hybridized carbons (Fsp3) is 0.143. The van der Waals surface area contributed by atoms with E-state index >= 15 is 0 Å². The SMILES string of the molecule is O=C(NCc1ccc(CO)cc1)c1c(Cl)cncc1Cl. The Morgan fingerprint density at radius 3 is 2.20 bits per heavy atom. The van der Waals surface area contributed by atoms with E-state index in [2.05, 4.69) is 10.3 Å². The Morgan fingerprint density at radius 1 is 1.10 bits per heavy atom. The van der Waals surface area contributed by atoms with Crippen LogP contribution in [-0.4, -0.2) is 16.0 Å². The van der Waals surface area contributed by atoms with Crippen molar-refractivity contribution >= 4 is 29.1 Å². The second-order valence-electron chi connectivity index (χ2n) is 4.14. The Kier molecular flexibility index (Phi) is 4.95. The molecule has 0 saturated carbocycles. The predicted molar refractivity (Wildman–Crippen MR) is 77.8 cm³/mol. The van der Waals surface area contributed by atoms with Crippen LogP contribution in [-0.2, 0) is 13.2 Å².